The SMILES string of the molecule is CN(C)CCOCCNC(=O)CC1CS(=O)(=O)CCN1. The van der Waals surface area contributed by atoms with Crippen molar-refractivity contribution < 1.29 is 17.9 Å². The van der Waals surface area contributed by atoms with Gasteiger partial charge in [0, 0.05) is 32.1 Å². The molecule has 0 aromatic carbocycles. The lowest BCUT2D eigenvalue weighted by Crippen LogP contribution is -2.47. The summed E-state index contributed by atoms with van der Waals surface area (Å²) < 4.78 is 28.2. The topological polar surface area (TPSA) is 87.7 Å². The van der Waals surface area contributed by atoms with Crippen LogP contribution >= 0.6 is 0 Å². The van der Waals surface area contributed by atoms with E-state index in [1.165, 1.54) is 0 Å². The molecule has 1 fully saturated rings. The van der Waals surface area contributed by atoms with Crippen LogP contribution in [0.3, 0.4) is 0 Å². The van der Waals surface area contributed by atoms with Gasteiger partial charge in [-0.15, -0.1) is 0 Å². The third-order valence-corrected chi connectivity index (χ3v) is 4.72. The molecule has 1 amide bonds. The minimum absolute atomic E-state index is 0.0414. The van der Waals surface area contributed by atoms with Crippen LogP contribution in [0.25, 0.3) is 0 Å². The molecule has 1 aliphatic heterocycles. The van der Waals surface area contributed by atoms with Gasteiger partial charge in [0.05, 0.1) is 24.7 Å². The van der Waals surface area contributed by atoms with Crippen molar-refractivity contribution in [3.8, 4) is 0 Å². The lowest BCUT2D eigenvalue weighted by molar-refractivity contribution is -0.121. The number of rotatable bonds is 8. The van der Waals surface area contributed by atoms with E-state index in [1.54, 1.807) is 0 Å². The standard InChI is InChI=1S/C12H25N3O4S/c1-15(2)5-7-19-6-3-14-12(16)9-11-10-20(17,18)8-4-13-11/h11,13H,3-10H2,1-2H3,(H,14,16). The molecule has 1 rings (SSSR count). The van der Waals surface area contributed by atoms with Crippen molar-refractivity contribution in [3.63, 3.8) is 0 Å². The second kappa shape index (κ2) is 8.56. The van der Waals surface area contributed by atoms with Crippen molar-refractivity contribution in [2.75, 3.05) is 58.4 Å². The minimum atomic E-state index is -2.99. The number of sulfone groups is 1. The van der Waals surface area contributed by atoms with Crippen molar-refractivity contribution >= 4 is 15.7 Å². The molecular weight excluding hydrogens is 282 g/mol. The van der Waals surface area contributed by atoms with Crippen LogP contribution < -0.4 is 10.6 Å². The Morgan fingerprint density at radius 3 is 2.80 bits per heavy atom. The molecule has 1 unspecified atom stereocenters. The Hall–Kier alpha value is -0.700. The van der Waals surface area contributed by atoms with Gasteiger partial charge in [-0.1, -0.05) is 0 Å². The number of nitrogens with one attached hydrogen (secondary N) is 2. The number of ether oxygens (including phenoxy) is 1. The summed E-state index contributed by atoms with van der Waals surface area (Å²) in [5.41, 5.74) is 0. The first-order chi connectivity index (χ1) is 9.39. The van der Waals surface area contributed by atoms with Gasteiger partial charge >= 0.3 is 0 Å². The number of hydrogen-bond acceptors (Lipinski definition) is 6. The van der Waals surface area contributed by atoms with Crippen LogP contribution in [0.15, 0.2) is 0 Å². The summed E-state index contributed by atoms with van der Waals surface area (Å²) in [4.78, 5) is 13.7. The molecule has 2 N–H and O–H groups in total. The molecule has 1 atom stereocenters. The van der Waals surface area contributed by atoms with Crippen LogP contribution in [0.1, 0.15) is 6.42 Å². The molecule has 0 spiro atoms. The predicted molar refractivity (Wildman–Crippen MR) is 77.4 cm³/mol. The Kier molecular flexibility index (Phi) is 7.42. The first-order valence-corrected chi connectivity index (χ1v) is 8.64. The van der Waals surface area contributed by atoms with Gasteiger partial charge in [-0.3, -0.25) is 4.79 Å². The summed E-state index contributed by atoms with van der Waals surface area (Å²) in [5, 5.41) is 5.79. The zero-order chi connectivity index (χ0) is 15.0. The molecule has 1 aliphatic rings. The highest BCUT2D eigenvalue weighted by atomic mass is 32.2. The Bertz CT molecular complexity index is 398. The van der Waals surface area contributed by atoms with Gasteiger partial charge in [0.1, 0.15) is 0 Å². The first kappa shape index (κ1) is 17.4. The Balaban J connectivity index is 2.08. The maximum absolute atomic E-state index is 11.7. The molecule has 0 saturated carbocycles. The minimum Gasteiger partial charge on any atom is -0.378 e. The zero-order valence-corrected chi connectivity index (χ0v) is 13.0. The van der Waals surface area contributed by atoms with E-state index in [4.69, 9.17) is 4.74 Å². The summed E-state index contributed by atoms with van der Waals surface area (Å²) in [6, 6.07) is -0.275. The van der Waals surface area contributed by atoms with Gasteiger partial charge in [-0.25, -0.2) is 8.42 Å². The summed E-state index contributed by atoms with van der Waals surface area (Å²) in [7, 11) is 0.947. The highest BCUT2D eigenvalue weighted by molar-refractivity contribution is 7.91. The molecule has 1 heterocycles. The summed E-state index contributed by atoms with van der Waals surface area (Å²) in [5.74, 6) is 0.0562. The molecule has 0 radical (unpaired) electrons. The molecule has 8 heteroatoms. The first-order valence-electron chi connectivity index (χ1n) is 6.82. The fourth-order valence-electron chi connectivity index (χ4n) is 1.91. The van der Waals surface area contributed by atoms with Gasteiger partial charge in [0.25, 0.3) is 0 Å². The number of likely N-dealkylation sites (N-methyl/N-ethyl adjacent to an activating group) is 1. The van der Waals surface area contributed by atoms with Crippen LogP contribution in [0.2, 0.25) is 0 Å². The average Bonchev–Trinajstić information content (AvgIpc) is 2.32. The molecule has 118 valence electrons. The number of amides is 1. The van der Waals surface area contributed by atoms with Crippen molar-refractivity contribution in [3.05, 3.63) is 0 Å². The van der Waals surface area contributed by atoms with E-state index < -0.39 is 9.84 Å². The molecule has 0 aromatic rings. The molecule has 0 bridgehead atoms. The monoisotopic (exact) mass is 307 g/mol. The fourth-order valence-corrected chi connectivity index (χ4v) is 3.35. The molecule has 1 saturated heterocycles. The van der Waals surface area contributed by atoms with Crippen LogP contribution in [-0.2, 0) is 19.4 Å². The lowest BCUT2D eigenvalue weighted by atomic mass is 10.2. The maximum atomic E-state index is 11.7. The normalized spacial score (nSPS) is 21.9. The van der Waals surface area contributed by atoms with Gasteiger partial charge in [-0.05, 0) is 14.1 Å². The summed E-state index contributed by atoms with van der Waals surface area (Å²) >= 11 is 0. The molecule has 0 aromatic heterocycles. The van der Waals surface area contributed by atoms with E-state index in [2.05, 4.69) is 10.6 Å². The molecule has 7 nitrogen and oxygen atoms in total. The Morgan fingerprint density at radius 1 is 1.40 bits per heavy atom. The Labute approximate surface area is 121 Å². The predicted octanol–water partition coefficient (Wildman–Crippen LogP) is -1.54. The largest absolute Gasteiger partial charge is 0.378 e. The molecule has 20 heavy (non-hydrogen) atoms. The van der Waals surface area contributed by atoms with Crippen LogP contribution in [0.5, 0.6) is 0 Å². The van der Waals surface area contributed by atoms with Crippen LogP contribution in [-0.4, -0.2) is 83.7 Å². The highest BCUT2D eigenvalue weighted by Gasteiger charge is 2.25. The van der Waals surface area contributed by atoms with Crippen LogP contribution in [0, 0.1) is 0 Å². The number of carbonyl (C=O) groups excluding carboxylic acids is 1. The van der Waals surface area contributed by atoms with Gasteiger partial charge in [0.2, 0.25) is 5.91 Å². The average molecular weight is 307 g/mol. The van der Waals surface area contributed by atoms with Gasteiger partial charge < -0.3 is 20.3 Å². The lowest BCUT2D eigenvalue weighted by Gasteiger charge is -2.23. The zero-order valence-electron chi connectivity index (χ0n) is 12.2. The number of hydrogen-bond donors (Lipinski definition) is 2. The van der Waals surface area contributed by atoms with Gasteiger partial charge in [-0.2, -0.15) is 0 Å². The van der Waals surface area contributed by atoms with E-state index in [-0.39, 0.29) is 29.9 Å². The van der Waals surface area contributed by atoms with E-state index >= 15 is 0 Å². The quantitative estimate of drug-likeness (QED) is 0.528. The van der Waals surface area contributed by atoms with E-state index in [0.717, 1.165) is 6.54 Å². The number of carbonyl (C=O) groups is 1. The highest BCUT2D eigenvalue weighted by Crippen LogP contribution is 2.04. The molecular formula is C12H25N3O4S. The van der Waals surface area contributed by atoms with Crippen molar-refractivity contribution in [1.29, 1.82) is 0 Å². The Morgan fingerprint density at radius 2 is 2.15 bits per heavy atom. The molecule has 0 aliphatic carbocycles. The maximum Gasteiger partial charge on any atom is 0.221 e. The fraction of sp³-hybridized carbons (Fsp3) is 0.917. The third-order valence-electron chi connectivity index (χ3n) is 2.98. The second-order valence-corrected chi connectivity index (χ2v) is 7.46. The van der Waals surface area contributed by atoms with Crippen LogP contribution in [0.4, 0.5) is 0 Å². The van der Waals surface area contributed by atoms with E-state index in [1.807, 2.05) is 19.0 Å². The van der Waals surface area contributed by atoms with Crippen molar-refractivity contribution in [2.24, 2.45) is 0 Å². The third kappa shape index (κ3) is 7.78. The van der Waals surface area contributed by atoms with Gasteiger partial charge in [0.15, 0.2) is 9.84 Å². The summed E-state index contributed by atoms with van der Waals surface area (Å²) in [6.45, 7) is 2.82. The summed E-state index contributed by atoms with van der Waals surface area (Å²) in [6.07, 6.45) is 0.191. The van der Waals surface area contributed by atoms with Crippen molar-refractivity contribution in [1.82, 2.24) is 15.5 Å². The van der Waals surface area contributed by atoms with E-state index in [9.17, 15) is 13.2 Å². The van der Waals surface area contributed by atoms with Crippen molar-refractivity contribution in [2.45, 2.75) is 12.5 Å². The smallest absolute Gasteiger partial charge is 0.221 e. The second-order valence-electron chi connectivity index (χ2n) is 5.24. The number of nitrogens with zero attached hydrogens (tertiary/aromatic N) is 1. The van der Waals surface area contributed by atoms with E-state index in [0.29, 0.717) is 26.3 Å².